The summed E-state index contributed by atoms with van der Waals surface area (Å²) in [6.07, 6.45) is 7.70. The molecule has 15 heavy (non-hydrogen) atoms. The molecule has 1 heteroatoms. The molecule has 0 saturated carbocycles. The molecule has 0 bridgehead atoms. The van der Waals surface area contributed by atoms with Crippen LogP contribution < -0.4 is 4.46 Å². The Balaban J connectivity index is 2.32. The van der Waals surface area contributed by atoms with Gasteiger partial charge in [-0.25, -0.2) is 0 Å². The van der Waals surface area contributed by atoms with Crippen LogP contribution in [0.15, 0.2) is 40.9 Å². The summed E-state index contributed by atoms with van der Waals surface area (Å²) in [6, 6.07) is 10.8. The fourth-order valence-electron chi connectivity index (χ4n) is 1.42. The van der Waals surface area contributed by atoms with Crippen molar-refractivity contribution in [1.29, 1.82) is 0 Å². The summed E-state index contributed by atoms with van der Waals surface area (Å²) in [5.74, 6) is 0. The molecule has 0 nitrogen and oxygen atoms in total. The van der Waals surface area contributed by atoms with E-state index in [1.54, 1.807) is 4.47 Å². The number of benzene rings is 1. The van der Waals surface area contributed by atoms with Gasteiger partial charge in [0.25, 0.3) is 0 Å². The average molecular weight is 267 g/mol. The van der Waals surface area contributed by atoms with E-state index in [2.05, 4.69) is 50.3 Å². The Bertz CT molecular complexity index is 287. The van der Waals surface area contributed by atoms with E-state index in [9.17, 15) is 0 Å². The molecule has 0 heterocycles. The molecule has 0 saturated heterocycles. The molecule has 0 fully saturated rings. The van der Waals surface area contributed by atoms with Gasteiger partial charge in [0, 0.05) is 0 Å². The van der Waals surface area contributed by atoms with Crippen LogP contribution in [0.4, 0.5) is 0 Å². The standard InChI is InChI=1S/C14H20Se/c1-3-4-5-7-10-13(2)15-14-11-8-6-9-12-14/h6,8-12H,3-5,7H2,1-2H3/b13-10+. The molecule has 1 aromatic carbocycles. The van der Waals surface area contributed by atoms with Gasteiger partial charge in [-0.1, -0.05) is 0 Å². The molecule has 0 atom stereocenters. The van der Waals surface area contributed by atoms with E-state index in [1.165, 1.54) is 30.1 Å². The minimum atomic E-state index is 0.535. The van der Waals surface area contributed by atoms with Crippen molar-refractivity contribution in [2.75, 3.05) is 0 Å². The number of rotatable bonds is 6. The molecule has 0 aliphatic heterocycles. The third kappa shape index (κ3) is 5.81. The third-order valence-electron chi connectivity index (χ3n) is 2.26. The maximum atomic E-state index is 2.42. The number of allylic oxidation sites excluding steroid dienone is 2. The second-order valence-corrected chi connectivity index (χ2v) is 6.49. The zero-order chi connectivity index (χ0) is 10.9. The predicted octanol–water partition coefficient (Wildman–Crippen LogP) is 3.50. The summed E-state index contributed by atoms with van der Waals surface area (Å²) >= 11 is 0.535. The summed E-state index contributed by atoms with van der Waals surface area (Å²) in [6.45, 7) is 4.52. The first kappa shape index (κ1) is 12.5. The summed E-state index contributed by atoms with van der Waals surface area (Å²) in [5, 5.41) is 0. The van der Waals surface area contributed by atoms with Crippen LogP contribution in [0.1, 0.15) is 39.5 Å². The van der Waals surface area contributed by atoms with E-state index in [0.29, 0.717) is 15.0 Å². The van der Waals surface area contributed by atoms with Gasteiger partial charge in [0.1, 0.15) is 0 Å². The molecule has 1 aromatic rings. The van der Waals surface area contributed by atoms with Gasteiger partial charge in [0.2, 0.25) is 0 Å². The van der Waals surface area contributed by atoms with Crippen molar-refractivity contribution in [3.05, 3.63) is 40.9 Å². The maximum absolute atomic E-state index is 2.42. The second-order valence-electron chi connectivity index (χ2n) is 3.73. The van der Waals surface area contributed by atoms with E-state index in [0.717, 1.165) is 0 Å². The summed E-state index contributed by atoms with van der Waals surface area (Å²) in [5.41, 5.74) is 0. The Morgan fingerprint density at radius 1 is 1.20 bits per heavy atom. The van der Waals surface area contributed by atoms with Crippen molar-refractivity contribution in [2.45, 2.75) is 39.5 Å². The van der Waals surface area contributed by atoms with Gasteiger partial charge in [0.15, 0.2) is 0 Å². The van der Waals surface area contributed by atoms with E-state index in [-0.39, 0.29) is 0 Å². The summed E-state index contributed by atoms with van der Waals surface area (Å²) in [4.78, 5) is 0. The molecule has 0 unspecified atom stereocenters. The fourth-order valence-corrected chi connectivity index (χ4v) is 3.23. The van der Waals surface area contributed by atoms with Crippen LogP contribution in [0.3, 0.4) is 0 Å². The van der Waals surface area contributed by atoms with E-state index >= 15 is 0 Å². The Labute approximate surface area is 99.9 Å². The van der Waals surface area contributed by atoms with Crippen LogP contribution >= 0.6 is 0 Å². The molecule has 0 spiro atoms. The van der Waals surface area contributed by atoms with Gasteiger partial charge in [-0.3, -0.25) is 0 Å². The monoisotopic (exact) mass is 268 g/mol. The van der Waals surface area contributed by atoms with Crippen molar-refractivity contribution in [3.63, 3.8) is 0 Å². The van der Waals surface area contributed by atoms with Crippen LogP contribution in [0.2, 0.25) is 0 Å². The van der Waals surface area contributed by atoms with Gasteiger partial charge < -0.3 is 0 Å². The molecule has 0 radical (unpaired) electrons. The van der Waals surface area contributed by atoms with Crippen molar-refractivity contribution in [2.24, 2.45) is 0 Å². The quantitative estimate of drug-likeness (QED) is 0.546. The van der Waals surface area contributed by atoms with Crippen molar-refractivity contribution in [3.8, 4) is 0 Å². The second kappa shape index (κ2) is 7.73. The van der Waals surface area contributed by atoms with E-state index < -0.39 is 0 Å². The zero-order valence-electron chi connectivity index (χ0n) is 9.70. The van der Waals surface area contributed by atoms with Gasteiger partial charge >= 0.3 is 99.8 Å². The number of unbranched alkanes of at least 4 members (excludes halogenated alkanes) is 3. The fraction of sp³-hybridized carbons (Fsp3) is 0.429. The first-order valence-corrected chi connectivity index (χ1v) is 7.44. The number of hydrogen-bond acceptors (Lipinski definition) is 0. The molecule has 0 aliphatic carbocycles. The van der Waals surface area contributed by atoms with Gasteiger partial charge in [-0.2, -0.15) is 0 Å². The van der Waals surface area contributed by atoms with Crippen LogP contribution in [0, 0.1) is 0 Å². The Morgan fingerprint density at radius 3 is 2.60 bits per heavy atom. The van der Waals surface area contributed by atoms with Crippen LogP contribution in [0.5, 0.6) is 0 Å². The van der Waals surface area contributed by atoms with Gasteiger partial charge in [-0.15, -0.1) is 0 Å². The molecule has 0 N–H and O–H groups in total. The Kier molecular flexibility index (Phi) is 6.47. The topological polar surface area (TPSA) is 0 Å². The SMILES string of the molecule is CCCCC/C=C(\C)[Se]c1ccccc1. The minimum absolute atomic E-state index is 0.535. The molecule has 0 amide bonds. The van der Waals surface area contributed by atoms with E-state index in [4.69, 9.17) is 0 Å². The van der Waals surface area contributed by atoms with Crippen molar-refractivity contribution >= 4 is 19.4 Å². The Morgan fingerprint density at radius 2 is 1.93 bits per heavy atom. The Hall–Kier alpha value is -0.521. The first-order valence-electron chi connectivity index (χ1n) is 5.72. The van der Waals surface area contributed by atoms with Gasteiger partial charge in [-0.05, 0) is 0 Å². The first-order chi connectivity index (χ1) is 7.33. The summed E-state index contributed by atoms with van der Waals surface area (Å²) < 4.78 is 3.04. The molecule has 0 aromatic heterocycles. The van der Waals surface area contributed by atoms with Gasteiger partial charge in [0.05, 0.1) is 0 Å². The third-order valence-corrected chi connectivity index (χ3v) is 4.35. The molecule has 1 rings (SSSR count). The summed E-state index contributed by atoms with van der Waals surface area (Å²) in [7, 11) is 0. The van der Waals surface area contributed by atoms with Crippen molar-refractivity contribution in [1.82, 2.24) is 0 Å². The van der Waals surface area contributed by atoms with Crippen LogP contribution in [0.25, 0.3) is 0 Å². The van der Waals surface area contributed by atoms with Crippen LogP contribution in [-0.4, -0.2) is 15.0 Å². The predicted molar refractivity (Wildman–Crippen MR) is 69.7 cm³/mol. The molecule has 82 valence electrons. The molecule has 0 aliphatic rings. The van der Waals surface area contributed by atoms with Crippen molar-refractivity contribution < 1.29 is 0 Å². The molecular formula is C14H20Se. The average Bonchev–Trinajstić information content (AvgIpc) is 2.26. The van der Waals surface area contributed by atoms with Crippen LogP contribution in [-0.2, 0) is 0 Å². The normalized spacial score (nSPS) is 11.7. The van der Waals surface area contributed by atoms with E-state index in [1.807, 2.05) is 0 Å². The number of hydrogen-bond donors (Lipinski definition) is 0. The molecular weight excluding hydrogens is 247 g/mol. The zero-order valence-corrected chi connectivity index (χ0v) is 11.4.